The summed E-state index contributed by atoms with van der Waals surface area (Å²) >= 11 is 0. The van der Waals surface area contributed by atoms with Gasteiger partial charge in [-0.25, -0.2) is 0 Å². The van der Waals surface area contributed by atoms with Crippen LogP contribution in [-0.4, -0.2) is 42.9 Å². The fourth-order valence-corrected chi connectivity index (χ4v) is 3.07. The van der Waals surface area contributed by atoms with Gasteiger partial charge in [0, 0.05) is 25.7 Å². The summed E-state index contributed by atoms with van der Waals surface area (Å²) in [6.07, 6.45) is 4.65. The van der Waals surface area contributed by atoms with Crippen LogP contribution in [-0.2, 0) is 4.74 Å². The van der Waals surface area contributed by atoms with Crippen LogP contribution in [0.3, 0.4) is 0 Å². The number of halogens is 1. The van der Waals surface area contributed by atoms with E-state index in [1.54, 1.807) is 0 Å². The van der Waals surface area contributed by atoms with Crippen molar-refractivity contribution in [2.24, 2.45) is 4.99 Å². The number of hydrogen-bond acceptors (Lipinski definition) is 3. The van der Waals surface area contributed by atoms with Crippen LogP contribution in [0.25, 0.3) is 0 Å². The maximum atomic E-state index is 9.60. The first-order valence-electron chi connectivity index (χ1n) is 9.58. The lowest BCUT2D eigenvalue weighted by Gasteiger charge is -2.27. The summed E-state index contributed by atoms with van der Waals surface area (Å²) < 4.78 is 5.89. The zero-order chi connectivity index (χ0) is 17.9. The Morgan fingerprint density at radius 2 is 1.92 bits per heavy atom. The molecule has 1 atom stereocenters. The first-order valence-corrected chi connectivity index (χ1v) is 9.58. The fourth-order valence-electron chi connectivity index (χ4n) is 3.07. The van der Waals surface area contributed by atoms with Crippen molar-refractivity contribution in [3.05, 3.63) is 35.9 Å². The molecular formula is C20H34IN3O2. The van der Waals surface area contributed by atoms with Crippen molar-refractivity contribution in [1.82, 2.24) is 10.6 Å². The van der Waals surface area contributed by atoms with Gasteiger partial charge in [0.1, 0.15) is 0 Å². The molecule has 0 aromatic heterocycles. The van der Waals surface area contributed by atoms with Crippen molar-refractivity contribution >= 4 is 29.9 Å². The molecule has 1 saturated carbocycles. The van der Waals surface area contributed by atoms with Crippen LogP contribution in [0.15, 0.2) is 35.3 Å². The number of aliphatic hydroxyl groups is 1. The highest BCUT2D eigenvalue weighted by Gasteiger charge is 2.19. The second kappa shape index (κ2) is 13.3. The maximum absolute atomic E-state index is 9.60. The Hall–Kier alpha value is -0.860. The summed E-state index contributed by atoms with van der Waals surface area (Å²) in [5, 5.41) is 16.4. The Bertz CT molecular complexity index is 505. The Morgan fingerprint density at radius 1 is 1.23 bits per heavy atom. The highest BCUT2D eigenvalue weighted by Crippen LogP contribution is 2.18. The van der Waals surface area contributed by atoms with E-state index in [1.165, 1.54) is 5.56 Å². The van der Waals surface area contributed by atoms with Crippen molar-refractivity contribution < 1.29 is 9.84 Å². The van der Waals surface area contributed by atoms with Crippen molar-refractivity contribution in [2.45, 2.75) is 64.2 Å². The molecule has 1 aromatic rings. The summed E-state index contributed by atoms with van der Waals surface area (Å²) in [7, 11) is 0. The zero-order valence-electron chi connectivity index (χ0n) is 16.0. The van der Waals surface area contributed by atoms with E-state index >= 15 is 0 Å². The van der Waals surface area contributed by atoms with E-state index in [2.05, 4.69) is 41.6 Å². The quantitative estimate of drug-likeness (QED) is 0.233. The van der Waals surface area contributed by atoms with Crippen molar-refractivity contribution in [2.75, 3.05) is 19.7 Å². The number of aliphatic hydroxyl groups excluding tert-OH is 1. The van der Waals surface area contributed by atoms with Crippen LogP contribution in [0.2, 0.25) is 0 Å². The average Bonchev–Trinajstić information content (AvgIpc) is 2.64. The Balaban J connectivity index is 0.00000338. The SMILES string of the molecule is CCNC(=NCCCOC(C)c1ccccc1)NC1CCC(O)CC1.I. The van der Waals surface area contributed by atoms with Gasteiger partial charge in [-0.15, -0.1) is 24.0 Å². The van der Waals surface area contributed by atoms with Gasteiger partial charge in [0.25, 0.3) is 0 Å². The minimum atomic E-state index is -0.124. The van der Waals surface area contributed by atoms with Gasteiger partial charge in [-0.2, -0.15) is 0 Å². The molecule has 5 nitrogen and oxygen atoms in total. The topological polar surface area (TPSA) is 65.9 Å². The van der Waals surface area contributed by atoms with Crippen molar-refractivity contribution in [1.29, 1.82) is 0 Å². The van der Waals surface area contributed by atoms with Gasteiger partial charge in [-0.1, -0.05) is 30.3 Å². The largest absolute Gasteiger partial charge is 0.393 e. The molecule has 1 aliphatic carbocycles. The molecule has 0 bridgehead atoms. The lowest BCUT2D eigenvalue weighted by atomic mass is 9.93. The van der Waals surface area contributed by atoms with Gasteiger partial charge in [0.05, 0.1) is 12.2 Å². The molecule has 0 aliphatic heterocycles. The van der Waals surface area contributed by atoms with Gasteiger partial charge in [0.2, 0.25) is 0 Å². The Kier molecular flexibility index (Phi) is 11.9. The third kappa shape index (κ3) is 8.68. The van der Waals surface area contributed by atoms with Gasteiger partial charge in [-0.05, 0) is 51.5 Å². The van der Waals surface area contributed by atoms with Crippen LogP contribution in [0.4, 0.5) is 0 Å². The number of nitrogens with zero attached hydrogens (tertiary/aromatic N) is 1. The first-order chi connectivity index (χ1) is 12.2. The fraction of sp³-hybridized carbons (Fsp3) is 0.650. The molecule has 6 heteroatoms. The third-order valence-corrected chi connectivity index (χ3v) is 4.59. The van der Waals surface area contributed by atoms with E-state index in [0.29, 0.717) is 12.6 Å². The molecule has 0 spiro atoms. The molecule has 1 aliphatic rings. The molecule has 1 unspecified atom stereocenters. The molecular weight excluding hydrogens is 441 g/mol. The predicted molar refractivity (Wildman–Crippen MR) is 118 cm³/mol. The summed E-state index contributed by atoms with van der Waals surface area (Å²) in [6.45, 7) is 6.46. The maximum Gasteiger partial charge on any atom is 0.191 e. The van der Waals surface area contributed by atoms with Crippen LogP contribution >= 0.6 is 24.0 Å². The summed E-state index contributed by atoms with van der Waals surface area (Å²) in [4.78, 5) is 4.65. The van der Waals surface area contributed by atoms with Gasteiger partial charge < -0.3 is 20.5 Å². The Morgan fingerprint density at radius 3 is 2.58 bits per heavy atom. The average molecular weight is 475 g/mol. The molecule has 3 N–H and O–H groups in total. The van der Waals surface area contributed by atoms with E-state index in [1.807, 2.05) is 18.2 Å². The molecule has 26 heavy (non-hydrogen) atoms. The lowest BCUT2D eigenvalue weighted by molar-refractivity contribution is 0.0652. The van der Waals surface area contributed by atoms with Gasteiger partial charge >= 0.3 is 0 Å². The molecule has 0 saturated heterocycles. The summed E-state index contributed by atoms with van der Waals surface area (Å²) in [5.74, 6) is 0.875. The van der Waals surface area contributed by atoms with Crippen LogP contribution in [0.1, 0.15) is 57.6 Å². The number of benzene rings is 1. The monoisotopic (exact) mass is 475 g/mol. The summed E-state index contributed by atoms with van der Waals surface area (Å²) in [5.41, 5.74) is 1.21. The molecule has 0 heterocycles. The first kappa shape index (κ1) is 23.2. The normalized spacial score (nSPS) is 21.6. The summed E-state index contributed by atoms with van der Waals surface area (Å²) in [6, 6.07) is 10.7. The highest BCUT2D eigenvalue weighted by molar-refractivity contribution is 14.0. The van der Waals surface area contributed by atoms with E-state index in [4.69, 9.17) is 4.74 Å². The number of nitrogens with one attached hydrogen (secondary N) is 2. The van der Waals surface area contributed by atoms with Crippen molar-refractivity contribution in [3.63, 3.8) is 0 Å². The van der Waals surface area contributed by atoms with Crippen LogP contribution in [0.5, 0.6) is 0 Å². The molecule has 2 rings (SSSR count). The minimum Gasteiger partial charge on any atom is -0.393 e. The van der Waals surface area contributed by atoms with E-state index in [-0.39, 0.29) is 36.2 Å². The standard InChI is InChI=1S/C20H33N3O2.HI/c1-3-21-20(23-18-10-12-19(24)13-11-18)22-14-7-15-25-16(2)17-8-5-4-6-9-17;/h4-6,8-9,16,18-19,24H,3,7,10-15H2,1-2H3,(H2,21,22,23);1H. The molecule has 148 valence electrons. The predicted octanol–water partition coefficient (Wildman–Crippen LogP) is 3.63. The van der Waals surface area contributed by atoms with E-state index in [0.717, 1.165) is 51.2 Å². The van der Waals surface area contributed by atoms with Gasteiger partial charge in [-0.3, -0.25) is 4.99 Å². The van der Waals surface area contributed by atoms with Gasteiger partial charge in [0.15, 0.2) is 5.96 Å². The number of guanidine groups is 1. The van der Waals surface area contributed by atoms with Crippen molar-refractivity contribution in [3.8, 4) is 0 Å². The van der Waals surface area contributed by atoms with Crippen LogP contribution in [0, 0.1) is 0 Å². The second-order valence-electron chi connectivity index (χ2n) is 6.69. The number of aliphatic imine (C=N–C) groups is 1. The van der Waals surface area contributed by atoms with E-state index < -0.39 is 0 Å². The zero-order valence-corrected chi connectivity index (χ0v) is 18.3. The number of ether oxygens (including phenoxy) is 1. The number of rotatable bonds is 8. The highest BCUT2D eigenvalue weighted by atomic mass is 127. The number of hydrogen-bond donors (Lipinski definition) is 3. The molecule has 0 radical (unpaired) electrons. The Labute approximate surface area is 175 Å². The molecule has 1 fully saturated rings. The minimum absolute atomic E-state index is 0. The third-order valence-electron chi connectivity index (χ3n) is 4.59. The van der Waals surface area contributed by atoms with Crippen LogP contribution < -0.4 is 10.6 Å². The molecule has 1 aromatic carbocycles. The second-order valence-corrected chi connectivity index (χ2v) is 6.69. The lowest BCUT2D eigenvalue weighted by Crippen LogP contribution is -2.45. The molecule has 0 amide bonds. The van der Waals surface area contributed by atoms with E-state index in [9.17, 15) is 5.11 Å². The smallest absolute Gasteiger partial charge is 0.191 e.